The van der Waals surface area contributed by atoms with E-state index in [1.165, 1.54) is 5.56 Å². The van der Waals surface area contributed by atoms with Crippen molar-refractivity contribution in [1.82, 2.24) is 0 Å². The molecule has 0 unspecified atom stereocenters. The van der Waals surface area contributed by atoms with Crippen LogP contribution in [0.25, 0.3) is 0 Å². The lowest BCUT2D eigenvalue weighted by molar-refractivity contribution is -0.458. The van der Waals surface area contributed by atoms with E-state index >= 15 is 0 Å². The zero-order valence-electron chi connectivity index (χ0n) is 23.8. The predicted octanol–water partition coefficient (Wildman–Crippen LogP) is 1.88. The summed E-state index contributed by atoms with van der Waals surface area (Å²) in [5.41, 5.74) is 1.24. The molecule has 3 aromatic carbocycles. The van der Waals surface area contributed by atoms with E-state index in [4.69, 9.17) is 23.7 Å². The van der Waals surface area contributed by atoms with Crippen LogP contribution in [0.15, 0.2) is 36.4 Å². The third-order valence-electron chi connectivity index (χ3n) is 6.46. The van der Waals surface area contributed by atoms with Crippen LogP contribution in [-0.4, -0.2) is 62.6 Å². The topological polar surface area (TPSA) is 213 Å². The maximum absolute atomic E-state index is 11.1. The van der Waals surface area contributed by atoms with Crippen molar-refractivity contribution in [2.45, 2.75) is 12.8 Å². The molecule has 228 valence electrons. The maximum Gasteiger partial charge on any atom is 0.283 e. The highest BCUT2D eigenvalue weighted by Gasteiger charge is 2.26. The Kier molecular flexibility index (Phi) is 10.2. The Labute approximate surface area is 244 Å². The number of methoxy groups -OCH3 is 5. The summed E-state index contributed by atoms with van der Waals surface area (Å²) in [4.78, 5) is 31.0. The molecule has 1 heterocycles. The molecule has 0 saturated carbocycles. The van der Waals surface area contributed by atoms with Crippen LogP contribution >= 0.6 is 0 Å². The van der Waals surface area contributed by atoms with E-state index in [9.17, 15) is 35.4 Å². The Morgan fingerprint density at radius 2 is 1.28 bits per heavy atom. The minimum Gasteiger partial charge on any atom is -0.863 e. The van der Waals surface area contributed by atoms with Gasteiger partial charge in [-0.05, 0) is 23.8 Å². The number of nitrogens with zero attached hydrogens (tertiary/aromatic N) is 3. The summed E-state index contributed by atoms with van der Waals surface area (Å²) in [6.45, 7) is 0.868. The third-order valence-corrected chi connectivity index (χ3v) is 6.46. The van der Waals surface area contributed by atoms with Gasteiger partial charge in [0.25, 0.3) is 17.1 Å². The second-order valence-corrected chi connectivity index (χ2v) is 8.77. The van der Waals surface area contributed by atoms with Gasteiger partial charge in [0.2, 0.25) is 5.75 Å². The van der Waals surface area contributed by atoms with Gasteiger partial charge in [0.15, 0.2) is 28.7 Å². The molecule has 1 aliphatic rings. The van der Waals surface area contributed by atoms with E-state index in [-0.39, 0.29) is 0 Å². The standard InChI is InChI=1S/C21H25NO5.C6H3N3O7/c1-23-17-7-6-14(20(26-4)21(17)27-5)10-16-15-12-19(25-3)18(24-2)11-13(15)8-9-22-16;10-6-4(8(13)14)1-3(7(11)12)2-5(6)9(15)16/h6-7,11-12H,8-10H2,1-5H3;1-2,10H. The molecule has 0 aromatic heterocycles. The molecule has 16 nitrogen and oxygen atoms in total. The zero-order chi connectivity index (χ0) is 31.8. The molecule has 4 rings (SSSR count). The van der Waals surface area contributed by atoms with Gasteiger partial charge in [0, 0.05) is 17.5 Å². The fourth-order valence-corrected chi connectivity index (χ4v) is 4.46. The van der Waals surface area contributed by atoms with Crippen molar-refractivity contribution in [3.63, 3.8) is 0 Å². The van der Waals surface area contributed by atoms with Gasteiger partial charge in [-0.3, -0.25) is 30.3 Å². The molecule has 1 N–H and O–H groups in total. The molecule has 16 heteroatoms. The van der Waals surface area contributed by atoms with Crippen LogP contribution < -0.4 is 33.8 Å². The van der Waals surface area contributed by atoms with Crippen molar-refractivity contribution < 1.29 is 48.6 Å². The molecule has 0 radical (unpaired) electrons. The zero-order valence-corrected chi connectivity index (χ0v) is 23.8. The first-order valence-electron chi connectivity index (χ1n) is 12.4. The molecule has 0 atom stereocenters. The molecular weight excluding hydrogens is 572 g/mol. The SMILES string of the molecule is COc1cc2c(cc1OC)C(Cc1ccc(OC)c(OC)c1OC)=[NH+]CC2.O=[N+]([O-])c1cc([N+](=O)[O-])c([O-])c([N+](=O)[O-])c1. The number of nitro benzene ring substituents is 3. The van der Waals surface area contributed by atoms with Crippen molar-refractivity contribution in [3.05, 3.63) is 83.4 Å². The number of rotatable bonds is 10. The van der Waals surface area contributed by atoms with E-state index in [1.807, 2.05) is 18.2 Å². The number of ether oxygens (including phenoxy) is 5. The Bertz CT molecular complexity index is 1550. The number of nitro groups is 3. The number of nitrogens with one attached hydrogen (secondary N) is 1. The molecule has 0 spiro atoms. The highest BCUT2D eigenvalue weighted by Crippen LogP contribution is 2.41. The first kappa shape index (κ1) is 31.9. The van der Waals surface area contributed by atoms with Crippen molar-refractivity contribution in [3.8, 4) is 34.5 Å². The molecule has 1 aliphatic heterocycles. The number of benzene rings is 3. The van der Waals surface area contributed by atoms with E-state index in [2.05, 4.69) is 11.1 Å². The van der Waals surface area contributed by atoms with Crippen molar-refractivity contribution >= 4 is 22.8 Å². The van der Waals surface area contributed by atoms with Crippen LogP contribution in [0.3, 0.4) is 0 Å². The lowest BCUT2D eigenvalue weighted by atomic mass is 9.92. The van der Waals surface area contributed by atoms with Gasteiger partial charge < -0.3 is 28.8 Å². The maximum atomic E-state index is 11.1. The minimum absolute atomic E-state index is 0.384. The average Bonchev–Trinajstić information content (AvgIpc) is 3.00. The summed E-state index contributed by atoms with van der Waals surface area (Å²) >= 11 is 0. The lowest BCUT2D eigenvalue weighted by Gasteiger charge is -2.18. The monoisotopic (exact) mass is 600 g/mol. The Morgan fingerprint density at radius 3 is 1.77 bits per heavy atom. The minimum atomic E-state index is -1.46. The van der Waals surface area contributed by atoms with E-state index in [1.54, 1.807) is 35.5 Å². The van der Waals surface area contributed by atoms with Crippen LogP contribution in [0.4, 0.5) is 17.1 Å². The molecule has 0 bridgehead atoms. The van der Waals surface area contributed by atoms with Crippen LogP contribution in [0.5, 0.6) is 34.5 Å². The summed E-state index contributed by atoms with van der Waals surface area (Å²) in [5.74, 6) is 1.94. The average molecular weight is 601 g/mol. The Hall–Kier alpha value is -5.67. The number of fused-ring (bicyclic) bond motifs is 1. The van der Waals surface area contributed by atoms with Crippen LogP contribution in [0, 0.1) is 30.3 Å². The molecule has 0 fully saturated rings. The van der Waals surface area contributed by atoms with Crippen LogP contribution in [0.2, 0.25) is 0 Å². The molecule has 43 heavy (non-hydrogen) atoms. The van der Waals surface area contributed by atoms with Gasteiger partial charge >= 0.3 is 0 Å². The van der Waals surface area contributed by atoms with Crippen molar-refractivity contribution in [1.29, 1.82) is 0 Å². The van der Waals surface area contributed by atoms with E-state index in [0.29, 0.717) is 35.8 Å². The van der Waals surface area contributed by atoms with Gasteiger partial charge in [-0.2, -0.15) is 0 Å². The quantitative estimate of drug-likeness (QED) is 0.261. The van der Waals surface area contributed by atoms with Crippen LogP contribution in [-0.2, 0) is 12.8 Å². The summed E-state index contributed by atoms with van der Waals surface area (Å²) in [7, 11) is 8.18. The smallest absolute Gasteiger partial charge is 0.283 e. The van der Waals surface area contributed by atoms with Gasteiger partial charge in [-0.25, -0.2) is 4.99 Å². The van der Waals surface area contributed by atoms with Gasteiger partial charge in [0.05, 0.1) is 74.6 Å². The Morgan fingerprint density at radius 1 is 0.721 bits per heavy atom. The first-order chi connectivity index (χ1) is 20.5. The summed E-state index contributed by atoms with van der Waals surface area (Å²) in [5, 5.41) is 42.1. The van der Waals surface area contributed by atoms with Crippen LogP contribution in [0.1, 0.15) is 16.7 Å². The highest BCUT2D eigenvalue weighted by molar-refractivity contribution is 6.00. The van der Waals surface area contributed by atoms with Gasteiger partial charge in [-0.1, -0.05) is 6.07 Å². The molecule has 0 amide bonds. The summed E-state index contributed by atoms with van der Waals surface area (Å²) in [6, 6.07) is 8.76. The second kappa shape index (κ2) is 13.8. The molecule has 0 aliphatic carbocycles. The first-order valence-corrected chi connectivity index (χ1v) is 12.4. The molecule has 3 aromatic rings. The van der Waals surface area contributed by atoms with E-state index < -0.39 is 37.6 Å². The lowest BCUT2D eigenvalue weighted by Crippen LogP contribution is -2.76. The number of non-ortho nitro benzene ring substituents is 1. The van der Waals surface area contributed by atoms with Crippen molar-refractivity contribution in [2.24, 2.45) is 0 Å². The predicted molar refractivity (Wildman–Crippen MR) is 149 cm³/mol. The highest BCUT2D eigenvalue weighted by atomic mass is 16.6. The number of hydrogen-bond acceptors (Lipinski definition) is 12. The molecule has 0 saturated heterocycles. The summed E-state index contributed by atoms with van der Waals surface area (Å²) < 4.78 is 27.4. The summed E-state index contributed by atoms with van der Waals surface area (Å²) in [6.07, 6.45) is 1.61. The fraction of sp³-hybridized carbons (Fsp3) is 0.296. The third kappa shape index (κ3) is 6.80. The largest absolute Gasteiger partial charge is 0.863 e. The normalized spacial score (nSPS) is 11.6. The fourth-order valence-electron chi connectivity index (χ4n) is 4.46. The van der Waals surface area contributed by atoms with E-state index in [0.717, 1.165) is 41.3 Å². The van der Waals surface area contributed by atoms with Crippen molar-refractivity contribution in [2.75, 3.05) is 42.1 Å². The van der Waals surface area contributed by atoms with Gasteiger partial charge in [-0.15, -0.1) is 0 Å². The Balaban J connectivity index is 0.000000271. The number of hydrogen-bond donors (Lipinski definition) is 1. The molecular formula is C27H28N4O12. The van der Waals surface area contributed by atoms with Gasteiger partial charge in [0.1, 0.15) is 6.54 Å². The second-order valence-electron chi connectivity index (χ2n) is 8.77.